The molecule has 0 saturated heterocycles. The van der Waals surface area contributed by atoms with Crippen LogP contribution in [0.1, 0.15) is 34.2 Å². The summed E-state index contributed by atoms with van der Waals surface area (Å²) in [6, 6.07) is 58.6. The van der Waals surface area contributed by atoms with E-state index in [1.807, 2.05) is 0 Å². The van der Waals surface area contributed by atoms with Gasteiger partial charge in [0.25, 0.3) is 0 Å². The molecule has 7 aromatic rings. The predicted octanol–water partition coefficient (Wildman–Crippen LogP) is 10.5. The molecule has 2 aliphatic heterocycles. The van der Waals surface area contributed by atoms with Crippen molar-refractivity contribution in [1.29, 1.82) is 0 Å². The second-order valence-electron chi connectivity index (χ2n) is 13.2. The van der Waals surface area contributed by atoms with E-state index in [9.17, 15) is 0 Å². The largest absolute Gasteiger partial charge is 0.346 e. The number of nitrogens with zero attached hydrogens (tertiary/aromatic N) is 3. The summed E-state index contributed by atoms with van der Waals surface area (Å²) in [5.41, 5.74) is 15.6. The first-order chi connectivity index (χ1) is 24.8. The SMILES string of the molecule is C1=C(c2ccccc2)NC(n2c3c(c4ccccc42)C=C2c4ccccc4N(c4ccccc4)C2C3)N=C1c1cccc(-c2ccccc2)c1. The predicted molar refractivity (Wildman–Crippen MR) is 207 cm³/mol. The Morgan fingerprint density at radius 2 is 1.24 bits per heavy atom. The number of para-hydroxylation sites is 3. The Labute approximate surface area is 292 Å². The maximum atomic E-state index is 5.52. The van der Waals surface area contributed by atoms with Gasteiger partial charge in [0, 0.05) is 51.3 Å². The maximum absolute atomic E-state index is 5.52. The van der Waals surface area contributed by atoms with E-state index in [4.69, 9.17) is 4.99 Å². The number of hydrogen-bond acceptors (Lipinski definition) is 3. The number of hydrogen-bond donors (Lipinski definition) is 1. The lowest BCUT2D eigenvalue weighted by atomic mass is 9.89. The first kappa shape index (κ1) is 28.6. The Hall–Kier alpha value is -6.39. The van der Waals surface area contributed by atoms with E-state index in [1.54, 1.807) is 0 Å². The molecule has 3 aliphatic rings. The van der Waals surface area contributed by atoms with Gasteiger partial charge < -0.3 is 14.8 Å². The normalized spacial score (nSPS) is 17.6. The van der Waals surface area contributed by atoms with Crippen LogP contribution in [0.5, 0.6) is 0 Å². The number of aromatic nitrogens is 1. The van der Waals surface area contributed by atoms with Gasteiger partial charge in [0.1, 0.15) is 0 Å². The van der Waals surface area contributed by atoms with Gasteiger partial charge in [-0.1, -0.05) is 133 Å². The molecule has 2 unspecified atom stereocenters. The standard InChI is InChI=1S/C46H34N4/c1-4-15-31(16-5-1)33-19-14-20-34(27-33)41-29-40(32-17-6-2-7-18-32)47-46(48-41)50-43-26-13-11-24-37(43)39-28-38-36-23-10-12-25-42(36)49(44(38)30-45(39)50)35-21-8-3-9-22-35/h1-29,44,46-47H,30H2. The molecule has 0 fully saturated rings. The lowest BCUT2D eigenvalue weighted by molar-refractivity contribution is 0.476. The molecule has 0 radical (unpaired) electrons. The van der Waals surface area contributed by atoms with E-state index in [0.29, 0.717) is 0 Å². The molecule has 1 N–H and O–H groups in total. The van der Waals surface area contributed by atoms with E-state index in [1.165, 1.54) is 55.8 Å². The summed E-state index contributed by atoms with van der Waals surface area (Å²) in [4.78, 5) is 8.05. The van der Waals surface area contributed by atoms with Crippen LogP contribution < -0.4 is 10.2 Å². The van der Waals surface area contributed by atoms with Crippen LogP contribution >= 0.6 is 0 Å². The highest BCUT2D eigenvalue weighted by atomic mass is 15.3. The summed E-state index contributed by atoms with van der Waals surface area (Å²) >= 11 is 0. The van der Waals surface area contributed by atoms with Crippen molar-refractivity contribution in [1.82, 2.24) is 9.88 Å². The molecule has 10 rings (SSSR count). The molecule has 4 heteroatoms. The molecule has 3 heterocycles. The highest BCUT2D eigenvalue weighted by molar-refractivity contribution is 6.13. The number of rotatable bonds is 5. The van der Waals surface area contributed by atoms with E-state index in [2.05, 4.69) is 191 Å². The number of anilines is 2. The molecule has 50 heavy (non-hydrogen) atoms. The van der Waals surface area contributed by atoms with E-state index >= 15 is 0 Å². The Morgan fingerprint density at radius 1 is 0.580 bits per heavy atom. The molecule has 0 spiro atoms. The third kappa shape index (κ3) is 4.64. The van der Waals surface area contributed by atoms with Crippen LogP contribution in [0, 0.1) is 0 Å². The zero-order valence-corrected chi connectivity index (χ0v) is 27.4. The van der Waals surface area contributed by atoms with Crippen molar-refractivity contribution in [3.63, 3.8) is 0 Å². The highest BCUT2D eigenvalue weighted by Gasteiger charge is 2.40. The van der Waals surface area contributed by atoms with Crippen LogP contribution in [0.25, 0.3) is 39.4 Å². The second-order valence-corrected chi connectivity index (χ2v) is 13.2. The summed E-state index contributed by atoms with van der Waals surface area (Å²) in [7, 11) is 0. The van der Waals surface area contributed by atoms with Crippen LogP contribution in [-0.2, 0) is 6.42 Å². The number of allylic oxidation sites excluding steroid dienone is 1. The minimum absolute atomic E-state index is 0.170. The smallest absolute Gasteiger partial charge is 0.201 e. The molecule has 4 nitrogen and oxygen atoms in total. The zero-order valence-electron chi connectivity index (χ0n) is 27.4. The molecular weight excluding hydrogens is 609 g/mol. The molecule has 0 amide bonds. The van der Waals surface area contributed by atoms with Crippen LogP contribution in [0.15, 0.2) is 175 Å². The third-order valence-corrected chi connectivity index (χ3v) is 10.3. The topological polar surface area (TPSA) is 32.6 Å². The molecule has 1 aliphatic carbocycles. The van der Waals surface area contributed by atoms with Crippen molar-refractivity contribution >= 4 is 45.3 Å². The molecule has 1 aromatic heterocycles. The summed E-state index contributed by atoms with van der Waals surface area (Å²) < 4.78 is 2.46. The zero-order chi connectivity index (χ0) is 33.0. The van der Waals surface area contributed by atoms with Crippen molar-refractivity contribution in [2.24, 2.45) is 4.99 Å². The summed E-state index contributed by atoms with van der Waals surface area (Å²) in [6.45, 7) is 0. The Morgan fingerprint density at radius 3 is 2.06 bits per heavy atom. The summed E-state index contributed by atoms with van der Waals surface area (Å²) in [6.07, 6.45) is 5.17. The lowest BCUT2D eigenvalue weighted by Crippen LogP contribution is -2.34. The first-order valence-electron chi connectivity index (χ1n) is 17.3. The molecule has 0 saturated carbocycles. The van der Waals surface area contributed by atoms with Crippen molar-refractivity contribution < 1.29 is 0 Å². The van der Waals surface area contributed by atoms with E-state index < -0.39 is 0 Å². The number of fused-ring (bicyclic) bond motifs is 6. The Balaban J connectivity index is 1.15. The quantitative estimate of drug-likeness (QED) is 0.203. The van der Waals surface area contributed by atoms with Gasteiger partial charge in [0.05, 0.1) is 17.3 Å². The van der Waals surface area contributed by atoms with Crippen LogP contribution in [0.2, 0.25) is 0 Å². The van der Waals surface area contributed by atoms with Gasteiger partial charge in [-0.25, -0.2) is 4.99 Å². The Bertz CT molecular complexity index is 2490. The molecule has 2 atom stereocenters. The van der Waals surface area contributed by atoms with Crippen molar-refractivity contribution in [3.05, 3.63) is 198 Å². The minimum Gasteiger partial charge on any atom is -0.346 e. The number of benzene rings is 6. The molecule has 0 bridgehead atoms. The van der Waals surface area contributed by atoms with Crippen LogP contribution in [-0.4, -0.2) is 16.3 Å². The van der Waals surface area contributed by atoms with Gasteiger partial charge in [0.15, 0.2) is 0 Å². The molecule has 238 valence electrons. The summed E-state index contributed by atoms with van der Waals surface area (Å²) in [5, 5.41) is 5.14. The van der Waals surface area contributed by atoms with Crippen LogP contribution in [0.3, 0.4) is 0 Å². The average Bonchev–Trinajstić information content (AvgIpc) is 3.70. The van der Waals surface area contributed by atoms with Crippen LogP contribution in [0.4, 0.5) is 11.4 Å². The fourth-order valence-corrected chi connectivity index (χ4v) is 8.10. The third-order valence-electron chi connectivity index (χ3n) is 10.3. The van der Waals surface area contributed by atoms with Gasteiger partial charge in [-0.3, -0.25) is 0 Å². The highest BCUT2D eigenvalue weighted by Crippen LogP contribution is 2.50. The first-order valence-corrected chi connectivity index (χ1v) is 17.3. The minimum atomic E-state index is -0.344. The van der Waals surface area contributed by atoms with Crippen molar-refractivity contribution in [2.75, 3.05) is 4.90 Å². The van der Waals surface area contributed by atoms with Gasteiger partial charge in [-0.15, -0.1) is 0 Å². The van der Waals surface area contributed by atoms with E-state index in [-0.39, 0.29) is 12.3 Å². The molecule has 6 aromatic carbocycles. The fourth-order valence-electron chi connectivity index (χ4n) is 8.10. The van der Waals surface area contributed by atoms with E-state index in [0.717, 1.165) is 29.0 Å². The second kappa shape index (κ2) is 11.6. The fraction of sp³-hybridized carbons (Fsp3) is 0.0652. The Kier molecular flexibility index (Phi) is 6.66. The maximum Gasteiger partial charge on any atom is 0.201 e. The van der Waals surface area contributed by atoms with Crippen molar-refractivity contribution in [3.8, 4) is 11.1 Å². The van der Waals surface area contributed by atoms with Gasteiger partial charge in [0.2, 0.25) is 6.29 Å². The van der Waals surface area contributed by atoms with Gasteiger partial charge >= 0.3 is 0 Å². The summed E-state index contributed by atoms with van der Waals surface area (Å²) in [5.74, 6) is 0. The average molecular weight is 643 g/mol. The van der Waals surface area contributed by atoms with Gasteiger partial charge in [-0.2, -0.15) is 0 Å². The number of aliphatic imine (C=N–C) groups is 1. The monoisotopic (exact) mass is 642 g/mol. The van der Waals surface area contributed by atoms with Crippen molar-refractivity contribution in [2.45, 2.75) is 18.8 Å². The number of nitrogens with one attached hydrogen (secondary N) is 1. The lowest BCUT2D eigenvalue weighted by Gasteiger charge is -2.33. The van der Waals surface area contributed by atoms with Gasteiger partial charge in [-0.05, 0) is 64.7 Å². The molecular formula is C46H34N4.